The molecular weight excluding hydrogens is 362 g/mol. The van der Waals surface area contributed by atoms with E-state index in [-0.39, 0.29) is 11.5 Å². The summed E-state index contributed by atoms with van der Waals surface area (Å²) >= 11 is 1.51. The number of benzene rings is 1. The van der Waals surface area contributed by atoms with E-state index in [0.29, 0.717) is 17.9 Å². The van der Waals surface area contributed by atoms with E-state index in [9.17, 15) is 14.4 Å². The number of aromatic amines is 1. The molecule has 0 saturated heterocycles. The number of H-pyrrole nitrogens is 1. The van der Waals surface area contributed by atoms with Gasteiger partial charge in [-0.3, -0.25) is 14.4 Å². The third-order valence-electron chi connectivity index (χ3n) is 4.15. The summed E-state index contributed by atoms with van der Waals surface area (Å²) in [5, 5.41) is 4.69. The van der Waals surface area contributed by atoms with E-state index in [1.807, 2.05) is 29.6 Å². The zero-order valence-electron chi connectivity index (χ0n) is 15.0. The average Bonchev–Trinajstić information content (AvgIpc) is 3.17. The third-order valence-corrected chi connectivity index (χ3v) is 5.05. The molecule has 6 nitrogen and oxygen atoms in total. The summed E-state index contributed by atoms with van der Waals surface area (Å²) in [4.78, 5) is 41.6. The summed E-state index contributed by atoms with van der Waals surface area (Å²) in [7, 11) is 1.69. The van der Waals surface area contributed by atoms with Gasteiger partial charge in [0.15, 0.2) is 0 Å². The van der Waals surface area contributed by atoms with E-state index in [2.05, 4.69) is 10.3 Å². The largest absolute Gasteiger partial charge is 0.342 e. The number of thiophene rings is 1. The molecule has 2 amide bonds. The number of rotatable bonds is 5. The molecule has 0 aliphatic carbocycles. The molecule has 0 aliphatic heterocycles. The quantitative estimate of drug-likeness (QED) is 0.711. The van der Waals surface area contributed by atoms with Crippen LogP contribution in [0.5, 0.6) is 0 Å². The van der Waals surface area contributed by atoms with Crippen molar-refractivity contribution in [3.8, 4) is 10.6 Å². The highest BCUT2D eigenvalue weighted by atomic mass is 32.1. The van der Waals surface area contributed by atoms with Gasteiger partial charge in [0.25, 0.3) is 11.5 Å². The van der Waals surface area contributed by atoms with Gasteiger partial charge >= 0.3 is 0 Å². The molecule has 0 spiro atoms. The SMILES string of the molecule is CC(=O)N(C)Cc1ccccc1NC(=O)c1ccc(-c2cccs2)[nH]c1=O. The average molecular weight is 381 g/mol. The van der Waals surface area contributed by atoms with Crippen LogP contribution in [0.15, 0.2) is 58.7 Å². The standard InChI is InChI=1S/C20H19N3O3S/c1-13(24)23(2)12-14-6-3-4-7-16(14)21-19(25)15-9-10-17(22-20(15)26)18-8-5-11-27-18/h3-11H,12H2,1-2H3,(H,21,25)(H,22,26). The Bertz CT molecular complexity index is 1020. The zero-order chi connectivity index (χ0) is 19.4. The van der Waals surface area contributed by atoms with Gasteiger partial charge in [-0.05, 0) is 35.2 Å². The molecule has 3 aromatic rings. The number of para-hydroxylation sites is 1. The number of amides is 2. The summed E-state index contributed by atoms with van der Waals surface area (Å²) in [5.41, 5.74) is 1.62. The Kier molecular flexibility index (Phi) is 5.52. The molecule has 0 radical (unpaired) electrons. The number of carbonyl (C=O) groups excluding carboxylic acids is 2. The number of anilines is 1. The Morgan fingerprint density at radius 3 is 2.56 bits per heavy atom. The van der Waals surface area contributed by atoms with Gasteiger partial charge < -0.3 is 15.2 Å². The lowest BCUT2D eigenvalue weighted by Gasteiger charge is -2.17. The van der Waals surface area contributed by atoms with Crippen LogP contribution in [-0.2, 0) is 11.3 Å². The van der Waals surface area contributed by atoms with Crippen LogP contribution in [0.1, 0.15) is 22.8 Å². The summed E-state index contributed by atoms with van der Waals surface area (Å²) in [5.74, 6) is -0.566. The van der Waals surface area contributed by atoms with Crippen molar-refractivity contribution in [2.45, 2.75) is 13.5 Å². The molecule has 0 fully saturated rings. The van der Waals surface area contributed by atoms with Crippen LogP contribution in [0, 0.1) is 0 Å². The lowest BCUT2D eigenvalue weighted by molar-refractivity contribution is -0.128. The number of hydrogen-bond acceptors (Lipinski definition) is 4. The van der Waals surface area contributed by atoms with Crippen LogP contribution in [0.3, 0.4) is 0 Å². The maximum atomic E-state index is 12.6. The Labute approximate surface area is 160 Å². The minimum atomic E-state index is -0.494. The van der Waals surface area contributed by atoms with E-state index in [4.69, 9.17) is 0 Å². The first kappa shape index (κ1) is 18.6. The maximum absolute atomic E-state index is 12.6. The van der Waals surface area contributed by atoms with Gasteiger partial charge in [-0.25, -0.2) is 0 Å². The van der Waals surface area contributed by atoms with Crippen molar-refractivity contribution in [1.82, 2.24) is 9.88 Å². The number of pyridine rings is 1. The molecule has 0 aliphatic rings. The molecule has 0 unspecified atom stereocenters. The molecule has 2 heterocycles. The fourth-order valence-corrected chi connectivity index (χ4v) is 3.27. The third kappa shape index (κ3) is 4.32. The lowest BCUT2D eigenvalue weighted by Crippen LogP contribution is -2.26. The first-order valence-electron chi connectivity index (χ1n) is 8.34. The van der Waals surface area contributed by atoms with Gasteiger partial charge in [-0.2, -0.15) is 0 Å². The van der Waals surface area contributed by atoms with Crippen LogP contribution in [-0.4, -0.2) is 28.7 Å². The second kappa shape index (κ2) is 8.01. The van der Waals surface area contributed by atoms with Gasteiger partial charge in [-0.1, -0.05) is 24.3 Å². The van der Waals surface area contributed by atoms with Gasteiger partial charge in [0.05, 0.1) is 10.6 Å². The Morgan fingerprint density at radius 2 is 1.89 bits per heavy atom. The number of nitrogens with zero attached hydrogens (tertiary/aromatic N) is 1. The van der Waals surface area contributed by atoms with Crippen molar-refractivity contribution in [2.24, 2.45) is 0 Å². The second-order valence-electron chi connectivity index (χ2n) is 6.08. The normalized spacial score (nSPS) is 10.4. The molecule has 0 saturated carbocycles. The van der Waals surface area contributed by atoms with Crippen LogP contribution in [0.25, 0.3) is 10.6 Å². The van der Waals surface area contributed by atoms with Gasteiger partial charge in [0, 0.05) is 26.2 Å². The highest BCUT2D eigenvalue weighted by Crippen LogP contribution is 2.22. The van der Waals surface area contributed by atoms with Crippen LogP contribution in [0.2, 0.25) is 0 Å². The Hall–Kier alpha value is -3.19. The van der Waals surface area contributed by atoms with E-state index in [1.54, 1.807) is 30.1 Å². The van der Waals surface area contributed by atoms with Crippen molar-refractivity contribution in [3.63, 3.8) is 0 Å². The molecule has 2 N–H and O–H groups in total. The molecule has 0 atom stereocenters. The molecule has 3 rings (SSSR count). The van der Waals surface area contributed by atoms with Crippen LogP contribution in [0.4, 0.5) is 5.69 Å². The van der Waals surface area contributed by atoms with Crippen molar-refractivity contribution >= 4 is 28.8 Å². The highest BCUT2D eigenvalue weighted by Gasteiger charge is 2.15. The van der Waals surface area contributed by atoms with Gasteiger partial charge in [0.2, 0.25) is 5.91 Å². The molecule has 2 aromatic heterocycles. The Balaban J connectivity index is 1.82. The van der Waals surface area contributed by atoms with Crippen molar-refractivity contribution < 1.29 is 9.59 Å². The predicted molar refractivity (Wildman–Crippen MR) is 107 cm³/mol. The van der Waals surface area contributed by atoms with E-state index in [0.717, 1.165) is 10.4 Å². The van der Waals surface area contributed by atoms with Crippen molar-refractivity contribution in [2.75, 3.05) is 12.4 Å². The first-order chi connectivity index (χ1) is 13.0. The molecule has 138 valence electrons. The molecular formula is C20H19N3O3S. The smallest absolute Gasteiger partial charge is 0.261 e. The first-order valence-corrected chi connectivity index (χ1v) is 9.22. The van der Waals surface area contributed by atoms with Crippen LogP contribution >= 0.6 is 11.3 Å². The van der Waals surface area contributed by atoms with Crippen molar-refractivity contribution in [3.05, 3.63) is 75.4 Å². The number of hydrogen-bond donors (Lipinski definition) is 2. The minimum Gasteiger partial charge on any atom is -0.342 e. The fourth-order valence-electron chi connectivity index (χ4n) is 2.56. The van der Waals surface area contributed by atoms with Gasteiger partial charge in [0.1, 0.15) is 5.56 Å². The monoisotopic (exact) mass is 381 g/mol. The van der Waals surface area contributed by atoms with E-state index >= 15 is 0 Å². The zero-order valence-corrected chi connectivity index (χ0v) is 15.8. The molecule has 1 aromatic carbocycles. The molecule has 27 heavy (non-hydrogen) atoms. The molecule has 7 heteroatoms. The number of carbonyl (C=O) groups is 2. The second-order valence-corrected chi connectivity index (χ2v) is 7.03. The topological polar surface area (TPSA) is 82.3 Å². The highest BCUT2D eigenvalue weighted by molar-refractivity contribution is 7.13. The summed E-state index contributed by atoms with van der Waals surface area (Å²) in [6.07, 6.45) is 0. The predicted octanol–water partition coefficient (Wildman–Crippen LogP) is 3.33. The van der Waals surface area contributed by atoms with E-state index < -0.39 is 11.5 Å². The molecule has 0 bridgehead atoms. The Morgan fingerprint density at radius 1 is 1.11 bits per heavy atom. The lowest BCUT2D eigenvalue weighted by atomic mass is 10.1. The summed E-state index contributed by atoms with van der Waals surface area (Å²) in [6.45, 7) is 1.84. The minimum absolute atomic E-state index is 0.0324. The van der Waals surface area contributed by atoms with E-state index in [1.165, 1.54) is 24.3 Å². The number of nitrogens with one attached hydrogen (secondary N) is 2. The summed E-state index contributed by atoms with van der Waals surface area (Å²) in [6, 6.07) is 14.2. The van der Waals surface area contributed by atoms with Gasteiger partial charge in [-0.15, -0.1) is 11.3 Å². The summed E-state index contributed by atoms with van der Waals surface area (Å²) < 4.78 is 0. The van der Waals surface area contributed by atoms with Crippen LogP contribution < -0.4 is 10.9 Å². The fraction of sp³-hybridized carbons (Fsp3) is 0.150. The van der Waals surface area contributed by atoms with Crippen molar-refractivity contribution in [1.29, 1.82) is 0 Å². The number of aromatic nitrogens is 1. The maximum Gasteiger partial charge on any atom is 0.261 e.